The van der Waals surface area contributed by atoms with Gasteiger partial charge in [-0.05, 0) is 52.2 Å². The van der Waals surface area contributed by atoms with Crippen LogP contribution in [0.2, 0.25) is 0 Å². The van der Waals surface area contributed by atoms with Crippen molar-refractivity contribution in [1.82, 2.24) is 0 Å². The molecule has 2 rings (SSSR count). The van der Waals surface area contributed by atoms with E-state index in [-0.39, 0.29) is 5.69 Å². The van der Waals surface area contributed by atoms with Gasteiger partial charge in [0.25, 0.3) is 5.69 Å². The Morgan fingerprint density at radius 1 is 1.15 bits per heavy atom. The molecule has 1 N–H and O–H groups in total. The lowest BCUT2D eigenvalue weighted by molar-refractivity contribution is -0.384. The van der Waals surface area contributed by atoms with Crippen LogP contribution >= 0.6 is 31.9 Å². The van der Waals surface area contributed by atoms with Crippen LogP contribution < -0.4 is 5.32 Å². The van der Waals surface area contributed by atoms with Gasteiger partial charge in [-0.15, -0.1) is 0 Å². The third kappa shape index (κ3) is 3.58. The molecule has 104 valence electrons. The second-order valence-electron chi connectivity index (χ2n) is 4.37. The number of nitro benzene ring substituents is 1. The van der Waals surface area contributed by atoms with Crippen molar-refractivity contribution in [3.63, 3.8) is 0 Å². The fraction of sp³-hybridized carbons (Fsp3) is 0.143. The van der Waals surface area contributed by atoms with Crippen LogP contribution in [-0.2, 0) is 6.54 Å². The van der Waals surface area contributed by atoms with Gasteiger partial charge in [0.05, 0.1) is 4.92 Å². The van der Waals surface area contributed by atoms with Crippen LogP contribution in [0.1, 0.15) is 11.1 Å². The van der Waals surface area contributed by atoms with Gasteiger partial charge < -0.3 is 5.32 Å². The minimum atomic E-state index is -0.404. The number of benzene rings is 2. The van der Waals surface area contributed by atoms with E-state index in [1.807, 2.05) is 25.1 Å². The zero-order chi connectivity index (χ0) is 14.7. The predicted molar refractivity (Wildman–Crippen MR) is 87.0 cm³/mol. The maximum atomic E-state index is 10.7. The third-order valence-corrected chi connectivity index (χ3v) is 4.27. The highest BCUT2D eigenvalue weighted by Crippen LogP contribution is 2.27. The smallest absolute Gasteiger partial charge is 0.270 e. The number of anilines is 1. The van der Waals surface area contributed by atoms with Gasteiger partial charge in [0, 0.05) is 33.3 Å². The average Bonchev–Trinajstić information content (AvgIpc) is 2.40. The molecule has 6 heteroatoms. The first-order chi connectivity index (χ1) is 9.47. The van der Waals surface area contributed by atoms with Crippen molar-refractivity contribution < 1.29 is 4.92 Å². The molecule has 0 saturated heterocycles. The first kappa shape index (κ1) is 15.0. The van der Waals surface area contributed by atoms with E-state index in [4.69, 9.17) is 0 Å². The number of nitrogens with one attached hydrogen (secondary N) is 1. The van der Waals surface area contributed by atoms with Gasteiger partial charge in [0.1, 0.15) is 0 Å². The predicted octanol–water partition coefficient (Wildman–Crippen LogP) is 5.04. The summed E-state index contributed by atoms with van der Waals surface area (Å²) >= 11 is 6.86. The molecule has 0 unspecified atom stereocenters. The second kappa shape index (κ2) is 6.37. The van der Waals surface area contributed by atoms with Crippen molar-refractivity contribution >= 4 is 43.2 Å². The molecule has 0 radical (unpaired) electrons. The largest absolute Gasteiger partial charge is 0.380 e. The Kier molecular flexibility index (Phi) is 4.77. The van der Waals surface area contributed by atoms with Crippen LogP contribution in [0, 0.1) is 17.0 Å². The maximum absolute atomic E-state index is 10.7. The molecule has 0 fully saturated rings. The van der Waals surface area contributed by atoms with Gasteiger partial charge in [0.2, 0.25) is 0 Å². The van der Waals surface area contributed by atoms with Gasteiger partial charge in [-0.25, -0.2) is 0 Å². The van der Waals surface area contributed by atoms with Crippen molar-refractivity contribution in [3.05, 3.63) is 66.6 Å². The molecule has 0 saturated carbocycles. The molecule has 2 aromatic carbocycles. The second-order valence-corrected chi connectivity index (χ2v) is 6.08. The zero-order valence-corrected chi connectivity index (χ0v) is 13.9. The van der Waals surface area contributed by atoms with Crippen LogP contribution in [0.3, 0.4) is 0 Å². The SMILES string of the molecule is Cc1ccc(Br)c(NCc2ccc([N+](=O)[O-])cc2Br)c1. The van der Waals surface area contributed by atoms with Gasteiger partial charge in [0.15, 0.2) is 0 Å². The van der Waals surface area contributed by atoms with Crippen molar-refractivity contribution in [1.29, 1.82) is 0 Å². The summed E-state index contributed by atoms with van der Waals surface area (Å²) in [6, 6.07) is 10.8. The number of non-ortho nitro benzene ring substituents is 1. The van der Waals surface area contributed by atoms with Crippen LogP contribution in [0.5, 0.6) is 0 Å². The maximum Gasteiger partial charge on any atom is 0.270 e. The van der Waals surface area contributed by atoms with Crippen LogP contribution in [0.25, 0.3) is 0 Å². The lowest BCUT2D eigenvalue weighted by atomic mass is 10.2. The van der Waals surface area contributed by atoms with E-state index >= 15 is 0 Å². The summed E-state index contributed by atoms with van der Waals surface area (Å²) in [7, 11) is 0. The Labute approximate surface area is 133 Å². The highest BCUT2D eigenvalue weighted by molar-refractivity contribution is 9.11. The number of hydrogen-bond acceptors (Lipinski definition) is 3. The first-order valence-electron chi connectivity index (χ1n) is 5.90. The highest BCUT2D eigenvalue weighted by Gasteiger charge is 2.09. The summed E-state index contributed by atoms with van der Waals surface area (Å²) in [5.74, 6) is 0. The molecule has 0 aliphatic rings. The van der Waals surface area contributed by atoms with E-state index in [0.29, 0.717) is 6.54 Å². The Bertz CT molecular complexity index is 660. The summed E-state index contributed by atoms with van der Waals surface area (Å²) in [5.41, 5.74) is 3.20. The van der Waals surface area contributed by atoms with E-state index in [1.54, 1.807) is 6.07 Å². The molecular formula is C14H12Br2N2O2. The number of halogens is 2. The molecular weight excluding hydrogens is 388 g/mol. The molecule has 4 nitrogen and oxygen atoms in total. The molecule has 0 bridgehead atoms. The molecule has 0 spiro atoms. The van der Waals surface area contributed by atoms with E-state index in [9.17, 15) is 10.1 Å². The standard InChI is InChI=1S/C14H12Br2N2O2/c1-9-2-5-12(15)14(6-9)17-8-10-3-4-11(18(19)20)7-13(10)16/h2-7,17H,8H2,1H3. The van der Waals surface area contributed by atoms with Crippen molar-refractivity contribution in [3.8, 4) is 0 Å². The minimum absolute atomic E-state index is 0.0809. The Morgan fingerprint density at radius 2 is 1.90 bits per heavy atom. The van der Waals surface area contributed by atoms with Crippen LogP contribution in [-0.4, -0.2) is 4.92 Å². The number of rotatable bonds is 4. The van der Waals surface area contributed by atoms with Crippen molar-refractivity contribution in [2.45, 2.75) is 13.5 Å². The first-order valence-corrected chi connectivity index (χ1v) is 7.49. The fourth-order valence-corrected chi connectivity index (χ4v) is 2.65. The zero-order valence-electron chi connectivity index (χ0n) is 10.7. The van der Waals surface area contributed by atoms with Crippen molar-refractivity contribution in [2.75, 3.05) is 5.32 Å². The number of nitrogens with zero attached hydrogens (tertiary/aromatic N) is 1. The summed E-state index contributed by atoms with van der Waals surface area (Å²) in [6.07, 6.45) is 0. The number of hydrogen-bond donors (Lipinski definition) is 1. The van der Waals surface area contributed by atoms with Gasteiger partial charge in [-0.2, -0.15) is 0 Å². The third-order valence-electron chi connectivity index (χ3n) is 2.84. The summed E-state index contributed by atoms with van der Waals surface area (Å²) < 4.78 is 1.71. The molecule has 0 aliphatic heterocycles. The Balaban J connectivity index is 2.15. The van der Waals surface area contributed by atoms with E-state index in [2.05, 4.69) is 37.2 Å². The van der Waals surface area contributed by atoms with Gasteiger partial charge in [-0.1, -0.05) is 22.0 Å². The monoisotopic (exact) mass is 398 g/mol. The van der Waals surface area contributed by atoms with E-state index < -0.39 is 4.92 Å². The van der Waals surface area contributed by atoms with Gasteiger partial charge in [-0.3, -0.25) is 10.1 Å². The lowest BCUT2D eigenvalue weighted by Crippen LogP contribution is -2.01. The fourth-order valence-electron chi connectivity index (χ4n) is 1.76. The Hall–Kier alpha value is -1.40. The van der Waals surface area contributed by atoms with Crippen molar-refractivity contribution in [2.24, 2.45) is 0 Å². The normalized spacial score (nSPS) is 10.3. The lowest BCUT2D eigenvalue weighted by Gasteiger charge is -2.10. The summed E-state index contributed by atoms with van der Waals surface area (Å²) in [5, 5.41) is 14.0. The number of nitro groups is 1. The van der Waals surface area contributed by atoms with E-state index in [0.717, 1.165) is 20.2 Å². The average molecular weight is 400 g/mol. The molecule has 0 amide bonds. The molecule has 0 heterocycles. The molecule has 20 heavy (non-hydrogen) atoms. The van der Waals surface area contributed by atoms with Crippen LogP contribution in [0.4, 0.5) is 11.4 Å². The summed E-state index contributed by atoms with van der Waals surface area (Å²) in [6.45, 7) is 2.61. The minimum Gasteiger partial charge on any atom is -0.380 e. The highest BCUT2D eigenvalue weighted by atomic mass is 79.9. The molecule has 2 aromatic rings. The number of aryl methyl sites for hydroxylation is 1. The molecule has 0 aromatic heterocycles. The van der Waals surface area contributed by atoms with Gasteiger partial charge >= 0.3 is 0 Å². The molecule has 0 atom stereocenters. The Morgan fingerprint density at radius 3 is 2.55 bits per heavy atom. The summed E-state index contributed by atoms with van der Waals surface area (Å²) in [4.78, 5) is 10.3. The van der Waals surface area contributed by atoms with Crippen LogP contribution in [0.15, 0.2) is 45.3 Å². The topological polar surface area (TPSA) is 55.2 Å². The molecule has 0 aliphatic carbocycles. The van der Waals surface area contributed by atoms with E-state index in [1.165, 1.54) is 17.7 Å². The quantitative estimate of drug-likeness (QED) is 0.578.